The fourth-order valence-corrected chi connectivity index (χ4v) is 2.30. The summed E-state index contributed by atoms with van der Waals surface area (Å²) >= 11 is 0. The van der Waals surface area contributed by atoms with E-state index in [2.05, 4.69) is 9.97 Å². The summed E-state index contributed by atoms with van der Waals surface area (Å²) in [5.74, 6) is -0.170. The standard InChI is InChI=1S/C12H18BNO3.C5H5BFNO2.C2H6/c1-11(2)12(3,4)17-13(16-11)9-7-6-8-14-10(9)15-5;7-5-3-4(6(9)10)1-2-8-5;1-2/h6-8H,1-5H3;1-3,9-10H;1-2H3. The van der Waals surface area contributed by atoms with E-state index in [4.69, 9.17) is 24.1 Å². The van der Waals surface area contributed by atoms with E-state index in [0.29, 0.717) is 5.88 Å². The molecule has 29 heavy (non-hydrogen) atoms. The quantitative estimate of drug-likeness (QED) is 0.587. The van der Waals surface area contributed by atoms with E-state index in [1.165, 1.54) is 12.3 Å². The second kappa shape index (κ2) is 10.7. The van der Waals surface area contributed by atoms with Crippen molar-refractivity contribution < 1.29 is 28.5 Å². The molecule has 2 aromatic heterocycles. The molecule has 1 aliphatic heterocycles. The van der Waals surface area contributed by atoms with Crippen molar-refractivity contribution in [1.29, 1.82) is 0 Å². The number of methoxy groups -OCH3 is 1. The molecule has 158 valence electrons. The van der Waals surface area contributed by atoms with Crippen LogP contribution in [0.5, 0.6) is 5.88 Å². The molecule has 1 saturated heterocycles. The van der Waals surface area contributed by atoms with Crippen LogP contribution < -0.4 is 15.7 Å². The highest BCUT2D eigenvalue weighted by molar-refractivity contribution is 6.63. The van der Waals surface area contributed by atoms with Gasteiger partial charge in [-0.2, -0.15) is 4.39 Å². The predicted molar refractivity (Wildman–Crippen MR) is 112 cm³/mol. The van der Waals surface area contributed by atoms with Gasteiger partial charge in [-0.25, -0.2) is 9.97 Å². The number of hydrogen-bond donors (Lipinski definition) is 2. The molecular formula is C19H29B2FN2O5. The summed E-state index contributed by atoms with van der Waals surface area (Å²) in [5.41, 5.74) is 0.234. The molecule has 2 N–H and O–H groups in total. The van der Waals surface area contributed by atoms with Gasteiger partial charge in [-0.05, 0) is 51.4 Å². The van der Waals surface area contributed by atoms with Gasteiger partial charge in [-0.1, -0.05) is 19.9 Å². The lowest BCUT2D eigenvalue weighted by Crippen LogP contribution is -2.41. The number of pyridine rings is 2. The van der Waals surface area contributed by atoms with Crippen molar-refractivity contribution in [3.63, 3.8) is 0 Å². The molecule has 0 unspecified atom stereocenters. The molecule has 0 saturated carbocycles. The Labute approximate surface area is 172 Å². The van der Waals surface area contributed by atoms with Crippen LogP contribution in [0.3, 0.4) is 0 Å². The van der Waals surface area contributed by atoms with Gasteiger partial charge < -0.3 is 24.1 Å². The van der Waals surface area contributed by atoms with Gasteiger partial charge in [-0.3, -0.25) is 0 Å². The summed E-state index contributed by atoms with van der Waals surface area (Å²) in [6.45, 7) is 12.1. The van der Waals surface area contributed by atoms with E-state index >= 15 is 0 Å². The Hall–Kier alpha value is -2.00. The van der Waals surface area contributed by atoms with Gasteiger partial charge in [0, 0.05) is 17.9 Å². The number of rotatable bonds is 3. The van der Waals surface area contributed by atoms with E-state index in [0.717, 1.165) is 11.5 Å². The summed E-state index contributed by atoms with van der Waals surface area (Å²) in [6, 6.07) is 6.05. The highest BCUT2D eigenvalue weighted by Gasteiger charge is 2.52. The zero-order valence-corrected chi connectivity index (χ0v) is 18.0. The molecule has 0 atom stereocenters. The third kappa shape index (κ3) is 6.50. The van der Waals surface area contributed by atoms with Gasteiger partial charge in [-0.15, -0.1) is 0 Å². The number of nitrogens with zero attached hydrogens (tertiary/aromatic N) is 2. The zero-order valence-electron chi connectivity index (χ0n) is 18.0. The maximum Gasteiger partial charge on any atom is 0.500 e. The SMILES string of the molecule is CC.COc1ncccc1B1OC(C)(C)C(C)(C)O1.OB(O)c1ccnc(F)c1. The monoisotopic (exact) mass is 406 g/mol. The topological polar surface area (TPSA) is 93.9 Å². The zero-order chi connectivity index (χ0) is 22.2. The Kier molecular flexibility index (Phi) is 9.22. The lowest BCUT2D eigenvalue weighted by molar-refractivity contribution is 0.00578. The van der Waals surface area contributed by atoms with E-state index in [-0.39, 0.29) is 16.7 Å². The van der Waals surface area contributed by atoms with Crippen molar-refractivity contribution in [3.8, 4) is 5.88 Å². The third-order valence-electron chi connectivity index (χ3n) is 4.55. The normalized spacial score (nSPS) is 16.1. The van der Waals surface area contributed by atoms with Crippen molar-refractivity contribution in [3.05, 3.63) is 42.6 Å². The Bertz CT molecular complexity index is 762. The molecule has 2 aromatic rings. The fourth-order valence-electron chi connectivity index (χ4n) is 2.30. The number of hydrogen-bond acceptors (Lipinski definition) is 7. The van der Waals surface area contributed by atoms with Gasteiger partial charge >= 0.3 is 14.2 Å². The Morgan fingerprint density at radius 1 is 1.03 bits per heavy atom. The van der Waals surface area contributed by atoms with E-state index in [9.17, 15) is 4.39 Å². The smallest absolute Gasteiger partial charge is 0.481 e. The molecule has 10 heteroatoms. The van der Waals surface area contributed by atoms with Crippen LogP contribution in [-0.2, 0) is 9.31 Å². The minimum absolute atomic E-state index is 0.104. The molecule has 3 heterocycles. The Balaban J connectivity index is 0.000000299. The number of ether oxygens (including phenoxy) is 1. The lowest BCUT2D eigenvalue weighted by Gasteiger charge is -2.32. The van der Waals surface area contributed by atoms with Gasteiger partial charge in [0.2, 0.25) is 11.8 Å². The first-order chi connectivity index (χ1) is 13.6. The Morgan fingerprint density at radius 2 is 1.62 bits per heavy atom. The van der Waals surface area contributed by atoms with Gasteiger partial charge in [0.1, 0.15) is 0 Å². The van der Waals surface area contributed by atoms with Crippen LogP contribution in [0, 0.1) is 5.95 Å². The van der Waals surface area contributed by atoms with E-state index in [1.807, 2.05) is 53.7 Å². The lowest BCUT2D eigenvalue weighted by atomic mass is 9.80. The average Bonchev–Trinajstić information content (AvgIpc) is 2.91. The number of aromatic nitrogens is 2. The van der Waals surface area contributed by atoms with Crippen LogP contribution in [0.1, 0.15) is 41.5 Å². The minimum Gasteiger partial charge on any atom is -0.481 e. The molecule has 1 fully saturated rings. The molecule has 7 nitrogen and oxygen atoms in total. The molecule has 0 aromatic carbocycles. The second-order valence-electron chi connectivity index (χ2n) is 6.98. The van der Waals surface area contributed by atoms with Gasteiger partial charge in [0.15, 0.2) is 0 Å². The van der Waals surface area contributed by atoms with Crippen LogP contribution in [0.4, 0.5) is 4.39 Å². The number of halogens is 1. The van der Waals surface area contributed by atoms with E-state index in [1.54, 1.807) is 13.3 Å². The summed E-state index contributed by atoms with van der Waals surface area (Å²) in [7, 11) is -0.460. The summed E-state index contributed by atoms with van der Waals surface area (Å²) in [5, 5.41) is 17.0. The van der Waals surface area contributed by atoms with E-state index < -0.39 is 20.2 Å². The third-order valence-corrected chi connectivity index (χ3v) is 4.55. The minimum atomic E-state index is -1.63. The molecule has 0 bridgehead atoms. The fraction of sp³-hybridized carbons (Fsp3) is 0.474. The highest BCUT2D eigenvalue weighted by Crippen LogP contribution is 2.36. The maximum absolute atomic E-state index is 12.2. The molecule has 0 radical (unpaired) electrons. The van der Waals surface area contributed by atoms with Crippen molar-refractivity contribution >= 4 is 25.2 Å². The molecule has 0 spiro atoms. The molecule has 3 rings (SSSR count). The summed E-state index contributed by atoms with van der Waals surface area (Å²) in [4.78, 5) is 7.39. The predicted octanol–water partition coefficient (Wildman–Crippen LogP) is 1.32. The molecule has 0 aliphatic carbocycles. The van der Waals surface area contributed by atoms with Gasteiger partial charge in [0.05, 0.1) is 18.3 Å². The van der Waals surface area contributed by atoms with Crippen LogP contribution >= 0.6 is 0 Å². The molecular weight excluding hydrogens is 377 g/mol. The first-order valence-corrected chi connectivity index (χ1v) is 9.39. The second-order valence-corrected chi connectivity index (χ2v) is 6.98. The van der Waals surface area contributed by atoms with Crippen LogP contribution in [0.2, 0.25) is 0 Å². The molecule has 0 amide bonds. The van der Waals surface area contributed by atoms with Crippen molar-refractivity contribution in [2.75, 3.05) is 7.11 Å². The van der Waals surface area contributed by atoms with Crippen molar-refractivity contribution in [2.45, 2.75) is 52.7 Å². The van der Waals surface area contributed by atoms with Crippen LogP contribution in [0.25, 0.3) is 0 Å². The summed E-state index contributed by atoms with van der Waals surface area (Å²) in [6.07, 6.45) is 2.86. The highest BCUT2D eigenvalue weighted by atomic mass is 19.1. The maximum atomic E-state index is 12.2. The first-order valence-electron chi connectivity index (χ1n) is 9.39. The Morgan fingerprint density at radius 3 is 2.07 bits per heavy atom. The largest absolute Gasteiger partial charge is 0.500 e. The van der Waals surface area contributed by atoms with Gasteiger partial charge in [0.25, 0.3) is 0 Å². The van der Waals surface area contributed by atoms with Crippen LogP contribution in [0.15, 0.2) is 36.7 Å². The van der Waals surface area contributed by atoms with Crippen LogP contribution in [-0.4, -0.2) is 52.6 Å². The summed E-state index contributed by atoms with van der Waals surface area (Å²) < 4.78 is 29.3. The average molecular weight is 406 g/mol. The first kappa shape index (κ1) is 25.0. The molecule has 1 aliphatic rings. The van der Waals surface area contributed by atoms with Crippen molar-refractivity contribution in [2.24, 2.45) is 0 Å². The van der Waals surface area contributed by atoms with Crippen molar-refractivity contribution in [1.82, 2.24) is 9.97 Å².